The number of fused-ring (bicyclic) bond motifs is 1. The normalized spacial score (nSPS) is 10.8. The van der Waals surface area contributed by atoms with Crippen molar-refractivity contribution in [2.45, 2.75) is 6.61 Å². The summed E-state index contributed by atoms with van der Waals surface area (Å²) in [6, 6.07) is 12.8. The summed E-state index contributed by atoms with van der Waals surface area (Å²) in [5.74, 6) is 0.626. The van der Waals surface area contributed by atoms with Gasteiger partial charge in [-0.25, -0.2) is 0 Å². The fourth-order valence-electron chi connectivity index (χ4n) is 2.34. The summed E-state index contributed by atoms with van der Waals surface area (Å²) >= 11 is 0. The van der Waals surface area contributed by atoms with E-state index in [4.69, 9.17) is 10.5 Å². The van der Waals surface area contributed by atoms with Crippen molar-refractivity contribution < 1.29 is 9.84 Å². The summed E-state index contributed by atoms with van der Waals surface area (Å²) in [6.45, 7) is 0.387. The molecule has 0 saturated carbocycles. The van der Waals surface area contributed by atoms with Gasteiger partial charge < -0.3 is 20.1 Å². The van der Waals surface area contributed by atoms with Gasteiger partial charge in [-0.1, -0.05) is 12.1 Å². The fraction of sp³-hybridized carbons (Fsp3) is 0.125. The first-order valence-corrected chi connectivity index (χ1v) is 6.39. The van der Waals surface area contributed by atoms with Crippen LogP contribution in [0.25, 0.3) is 10.9 Å². The molecule has 0 aliphatic carbocycles. The number of benzene rings is 2. The van der Waals surface area contributed by atoms with Gasteiger partial charge in [-0.2, -0.15) is 0 Å². The zero-order valence-electron chi connectivity index (χ0n) is 11.2. The summed E-state index contributed by atoms with van der Waals surface area (Å²) in [5.41, 5.74) is 8.72. The Morgan fingerprint density at radius 1 is 1.20 bits per heavy atom. The molecule has 1 heterocycles. The number of anilines is 1. The predicted octanol–water partition coefficient (Wildman–Crippen LogP) is 3.05. The Hall–Kier alpha value is -2.62. The van der Waals surface area contributed by atoms with Crippen molar-refractivity contribution in [2.75, 3.05) is 5.73 Å². The molecule has 3 aromatic rings. The molecule has 0 radical (unpaired) electrons. The number of aromatic hydroxyl groups is 1. The molecule has 0 bridgehead atoms. The van der Waals surface area contributed by atoms with Gasteiger partial charge in [0.1, 0.15) is 6.61 Å². The summed E-state index contributed by atoms with van der Waals surface area (Å²) in [5, 5.41) is 10.8. The maximum absolute atomic E-state index is 9.70. The van der Waals surface area contributed by atoms with Crippen molar-refractivity contribution in [1.82, 2.24) is 4.57 Å². The third kappa shape index (κ3) is 2.16. The molecule has 0 fully saturated rings. The summed E-state index contributed by atoms with van der Waals surface area (Å²) in [6.07, 6.45) is 2.02. The van der Waals surface area contributed by atoms with Crippen molar-refractivity contribution in [3.05, 3.63) is 54.2 Å². The molecule has 3 N–H and O–H groups in total. The van der Waals surface area contributed by atoms with E-state index in [0.717, 1.165) is 22.2 Å². The molecule has 20 heavy (non-hydrogen) atoms. The molecule has 0 aliphatic rings. The second-order valence-corrected chi connectivity index (χ2v) is 4.80. The van der Waals surface area contributed by atoms with E-state index < -0.39 is 0 Å². The van der Waals surface area contributed by atoms with Gasteiger partial charge in [0.2, 0.25) is 0 Å². The van der Waals surface area contributed by atoms with Crippen molar-refractivity contribution in [2.24, 2.45) is 7.05 Å². The molecule has 0 aliphatic heterocycles. The number of phenolic OH excluding ortho intramolecular Hbond substituents is 1. The lowest BCUT2D eigenvalue weighted by molar-refractivity contribution is 0.290. The SMILES string of the molecule is Cn1cc(COc2ccccc2O)c2cc(N)ccc21. The highest BCUT2D eigenvalue weighted by atomic mass is 16.5. The number of para-hydroxylation sites is 2. The van der Waals surface area contributed by atoms with E-state index in [0.29, 0.717) is 12.4 Å². The van der Waals surface area contributed by atoms with E-state index in [-0.39, 0.29) is 5.75 Å². The minimum atomic E-state index is 0.146. The minimum absolute atomic E-state index is 0.146. The quantitative estimate of drug-likeness (QED) is 0.718. The molecular weight excluding hydrogens is 252 g/mol. The Morgan fingerprint density at radius 2 is 2.00 bits per heavy atom. The molecule has 4 nitrogen and oxygen atoms in total. The van der Waals surface area contributed by atoms with Crippen LogP contribution in [0.3, 0.4) is 0 Å². The topological polar surface area (TPSA) is 60.4 Å². The Bertz CT molecular complexity index is 762. The van der Waals surface area contributed by atoms with Crippen LogP contribution in [0.1, 0.15) is 5.56 Å². The van der Waals surface area contributed by atoms with Gasteiger partial charge in [-0.15, -0.1) is 0 Å². The van der Waals surface area contributed by atoms with Crippen LogP contribution in [0.5, 0.6) is 11.5 Å². The third-order valence-electron chi connectivity index (χ3n) is 3.34. The number of hydrogen-bond acceptors (Lipinski definition) is 3. The van der Waals surface area contributed by atoms with Gasteiger partial charge >= 0.3 is 0 Å². The standard InChI is InChI=1S/C16H16N2O2/c1-18-9-11(13-8-12(17)6-7-14(13)18)10-20-16-5-3-2-4-15(16)19/h2-9,19H,10,17H2,1H3. The van der Waals surface area contributed by atoms with E-state index in [2.05, 4.69) is 0 Å². The van der Waals surface area contributed by atoms with Crippen LogP contribution in [0.15, 0.2) is 48.7 Å². The molecule has 0 amide bonds. The first-order valence-electron chi connectivity index (χ1n) is 6.39. The Kier molecular flexibility index (Phi) is 2.99. The van der Waals surface area contributed by atoms with Crippen molar-refractivity contribution in [3.8, 4) is 11.5 Å². The van der Waals surface area contributed by atoms with Gasteiger partial charge in [0.05, 0.1) is 0 Å². The van der Waals surface area contributed by atoms with Gasteiger partial charge in [0.25, 0.3) is 0 Å². The first kappa shape index (κ1) is 12.4. The summed E-state index contributed by atoms with van der Waals surface area (Å²) in [4.78, 5) is 0. The van der Waals surface area contributed by atoms with Crippen LogP contribution in [0, 0.1) is 0 Å². The zero-order chi connectivity index (χ0) is 14.1. The van der Waals surface area contributed by atoms with Gasteiger partial charge in [-0.05, 0) is 30.3 Å². The van der Waals surface area contributed by atoms with Crippen LogP contribution in [-0.2, 0) is 13.7 Å². The molecule has 0 saturated heterocycles. The number of phenols is 1. The number of nitrogen functional groups attached to an aromatic ring is 1. The molecule has 1 aromatic heterocycles. The number of nitrogens with two attached hydrogens (primary N) is 1. The number of rotatable bonds is 3. The number of hydrogen-bond donors (Lipinski definition) is 2. The summed E-state index contributed by atoms with van der Waals surface area (Å²) < 4.78 is 7.72. The first-order chi connectivity index (χ1) is 9.65. The Morgan fingerprint density at radius 3 is 2.80 bits per heavy atom. The second-order valence-electron chi connectivity index (χ2n) is 4.80. The maximum atomic E-state index is 9.70. The lowest BCUT2D eigenvalue weighted by Gasteiger charge is -2.07. The van der Waals surface area contributed by atoms with Crippen LogP contribution in [0.2, 0.25) is 0 Å². The van der Waals surface area contributed by atoms with Gasteiger partial charge in [0, 0.05) is 35.4 Å². The molecule has 0 unspecified atom stereocenters. The molecule has 3 rings (SSSR count). The van der Waals surface area contributed by atoms with E-state index in [1.165, 1.54) is 0 Å². The Labute approximate surface area is 117 Å². The predicted molar refractivity (Wildman–Crippen MR) is 79.8 cm³/mol. The number of nitrogens with zero attached hydrogens (tertiary/aromatic N) is 1. The van der Waals surface area contributed by atoms with E-state index in [1.54, 1.807) is 18.2 Å². The van der Waals surface area contributed by atoms with Crippen molar-refractivity contribution in [3.63, 3.8) is 0 Å². The van der Waals surface area contributed by atoms with Crippen LogP contribution < -0.4 is 10.5 Å². The van der Waals surface area contributed by atoms with Crippen LogP contribution in [-0.4, -0.2) is 9.67 Å². The van der Waals surface area contributed by atoms with E-state index in [1.807, 2.05) is 42.1 Å². The molecular formula is C16H16N2O2. The van der Waals surface area contributed by atoms with Crippen LogP contribution >= 0.6 is 0 Å². The average molecular weight is 268 g/mol. The molecule has 4 heteroatoms. The number of aryl methyl sites for hydroxylation is 1. The highest BCUT2D eigenvalue weighted by molar-refractivity contribution is 5.86. The highest BCUT2D eigenvalue weighted by Gasteiger charge is 2.08. The largest absolute Gasteiger partial charge is 0.504 e. The van der Waals surface area contributed by atoms with Crippen molar-refractivity contribution in [1.29, 1.82) is 0 Å². The smallest absolute Gasteiger partial charge is 0.161 e. The lowest BCUT2D eigenvalue weighted by atomic mass is 10.1. The fourth-order valence-corrected chi connectivity index (χ4v) is 2.34. The van der Waals surface area contributed by atoms with Gasteiger partial charge in [-0.3, -0.25) is 0 Å². The minimum Gasteiger partial charge on any atom is -0.504 e. The third-order valence-corrected chi connectivity index (χ3v) is 3.34. The lowest BCUT2D eigenvalue weighted by Crippen LogP contribution is -1.95. The zero-order valence-corrected chi connectivity index (χ0v) is 11.2. The van der Waals surface area contributed by atoms with Crippen molar-refractivity contribution >= 4 is 16.6 Å². The molecule has 0 atom stereocenters. The molecule has 2 aromatic carbocycles. The second kappa shape index (κ2) is 4.81. The highest BCUT2D eigenvalue weighted by Crippen LogP contribution is 2.28. The molecule has 102 valence electrons. The van der Waals surface area contributed by atoms with Crippen LogP contribution in [0.4, 0.5) is 5.69 Å². The monoisotopic (exact) mass is 268 g/mol. The maximum Gasteiger partial charge on any atom is 0.161 e. The van der Waals surface area contributed by atoms with E-state index >= 15 is 0 Å². The van der Waals surface area contributed by atoms with Gasteiger partial charge in [0.15, 0.2) is 11.5 Å². The van der Waals surface area contributed by atoms with E-state index in [9.17, 15) is 5.11 Å². The number of aromatic nitrogens is 1. The number of ether oxygens (including phenoxy) is 1. The molecule has 0 spiro atoms. The summed E-state index contributed by atoms with van der Waals surface area (Å²) in [7, 11) is 1.99. The Balaban J connectivity index is 1.92. The average Bonchev–Trinajstić information content (AvgIpc) is 2.74.